The largest absolute Gasteiger partial charge is 0.496 e. The maximum absolute atomic E-state index is 13.4. The second-order valence-electron chi connectivity index (χ2n) is 9.53. The number of aromatic amines is 1. The number of ether oxygens (including phenoxy) is 1. The Morgan fingerprint density at radius 3 is 2.65 bits per heavy atom. The SMILES string of the molecule is COc1ccccc1[C@@H]1c2sc(=O)[nH]c2S[C@@H]2[C@H]3C[C@@H]([C@@H]4C(=O)N(CCCC(=O)O)C(=O)[C@H]34)[C@H]12. The number of fused-ring (bicyclic) bond motifs is 9. The van der Waals surface area contributed by atoms with Gasteiger partial charge in [0.05, 0.1) is 24.0 Å². The van der Waals surface area contributed by atoms with Crippen molar-refractivity contribution in [3.63, 3.8) is 0 Å². The van der Waals surface area contributed by atoms with Crippen LogP contribution < -0.4 is 9.61 Å². The second-order valence-corrected chi connectivity index (χ2v) is 11.7. The summed E-state index contributed by atoms with van der Waals surface area (Å²) in [4.78, 5) is 55.2. The van der Waals surface area contributed by atoms with E-state index in [1.807, 2.05) is 24.3 Å². The van der Waals surface area contributed by atoms with Crippen molar-refractivity contribution in [1.29, 1.82) is 0 Å². The lowest BCUT2D eigenvalue weighted by molar-refractivity contribution is -0.142. The first-order valence-electron chi connectivity index (χ1n) is 11.5. The third kappa shape index (κ3) is 3.04. The molecular weight excluding hydrogens is 476 g/mol. The monoisotopic (exact) mass is 500 g/mol. The number of thioether (sulfide) groups is 1. The second kappa shape index (κ2) is 7.98. The van der Waals surface area contributed by atoms with Gasteiger partial charge < -0.3 is 14.8 Å². The van der Waals surface area contributed by atoms with Crippen molar-refractivity contribution in [2.75, 3.05) is 13.7 Å². The summed E-state index contributed by atoms with van der Waals surface area (Å²) in [7, 11) is 1.64. The van der Waals surface area contributed by atoms with Crippen molar-refractivity contribution in [3.8, 4) is 5.75 Å². The number of likely N-dealkylation sites (tertiary alicyclic amines) is 1. The molecule has 2 aromatic rings. The van der Waals surface area contributed by atoms with Crippen molar-refractivity contribution in [2.24, 2.45) is 29.6 Å². The number of rotatable bonds is 6. The zero-order valence-corrected chi connectivity index (χ0v) is 20.1. The highest BCUT2D eigenvalue weighted by Gasteiger charge is 2.69. The summed E-state index contributed by atoms with van der Waals surface area (Å²) in [5.41, 5.74) is 1.01. The van der Waals surface area contributed by atoms with Gasteiger partial charge in [-0.3, -0.25) is 24.1 Å². The first-order valence-corrected chi connectivity index (χ1v) is 13.2. The summed E-state index contributed by atoms with van der Waals surface area (Å²) >= 11 is 2.88. The molecule has 2 saturated carbocycles. The van der Waals surface area contributed by atoms with Crippen LogP contribution in [0.15, 0.2) is 34.1 Å². The number of carbonyl (C=O) groups is 3. The predicted octanol–water partition coefficient (Wildman–Crippen LogP) is 2.78. The molecule has 4 aliphatic rings. The van der Waals surface area contributed by atoms with Crippen molar-refractivity contribution in [1.82, 2.24) is 9.88 Å². The number of carbonyl (C=O) groups excluding carboxylic acids is 2. The Labute approximate surface area is 203 Å². The smallest absolute Gasteiger partial charge is 0.305 e. The molecule has 2 N–H and O–H groups in total. The Kier molecular flexibility index (Phi) is 5.14. The van der Waals surface area contributed by atoms with E-state index in [4.69, 9.17) is 9.84 Å². The van der Waals surface area contributed by atoms with Crippen LogP contribution in [0.25, 0.3) is 0 Å². The molecular formula is C24H24N2O6S2. The van der Waals surface area contributed by atoms with E-state index in [1.54, 1.807) is 18.9 Å². The summed E-state index contributed by atoms with van der Waals surface area (Å²) < 4.78 is 5.69. The fourth-order valence-corrected chi connectivity index (χ4v) is 9.84. The van der Waals surface area contributed by atoms with Gasteiger partial charge >= 0.3 is 10.8 Å². The number of hydrogen-bond donors (Lipinski definition) is 2. The molecule has 10 heteroatoms. The fraction of sp³-hybridized carbons (Fsp3) is 0.500. The molecule has 3 heterocycles. The molecule has 34 heavy (non-hydrogen) atoms. The van der Waals surface area contributed by atoms with Crippen molar-refractivity contribution in [2.45, 2.75) is 35.5 Å². The Morgan fingerprint density at radius 2 is 1.91 bits per heavy atom. The Bertz CT molecular complexity index is 1250. The number of carboxylic acid groups (broad SMARTS) is 1. The van der Waals surface area contributed by atoms with Crippen LogP contribution in [0.2, 0.25) is 0 Å². The van der Waals surface area contributed by atoms with E-state index in [0.717, 1.165) is 27.6 Å². The number of methoxy groups -OCH3 is 1. The average Bonchev–Trinajstić information content (AvgIpc) is 3.54. The third-order valence-electron chi connectivity index (χ3n) is 8.06. The Hall–Kier alpha value is -2.59. The number of aromatic nitrogens is 1. The van der Waals surface area contributed by atoms with Crippen LogP contribution in [0.5, 0.6) is 5.75 Å². The number of carboxylic acids is 1. The van der Waals surface area contributed by atoms with Crippen molar-refractivity contribution >= 4 is 40.9 Å². The first-order chi connectivity index (χ1) is 16.4. The predicted molar refractivity (Wildman–Crippen MR) is 125 cm³/mol. The lowest BCUT2D eigenvalue weighted by atomic mass is 9.68. The number of nitrogens with one attached hydrogen (secondary N) is 1. The molecule has 0 unspecified atom stereocenters. The van der Waals surface area contributed by atoms with E-state index in [0.29, 0.717) is 0 Å². The van der Waals surface area contributed by atoms with Crippen molar-refractivity contribution < 1.29 is 24.2 Å². The van der Waals surface area contributed by atoms with E-state index in [2.05, 4.69) is 4.98 Å². The van der Waals surface area contributed by atoms with Gasteiger partial charge in [-0.2, -0.15) is 0 Å². The van der Waals surface area contributed by atoms with E-state index in [1.165, 1.54) is 16.2 Å². The summed E-state index contributed by atoms with van der Waals surface area (Å²) in [5.74, 6) is -1.06. The lowest BCUT2D eigenvalue weighted by Crippen LogP contribution is -2.42. The topological polar surface area (TPSA) is 117 Å². The van der Waals surface area contributed by atoms with Gasteiger partial charge in [0.15, 0.2) is 0 Å². The van der Waals surface area contributed by atoms with Gasteiger partial charge in [0, 0.05) is 34.6 Å². The van der Waals surface area contributed by atoms with Gasteiger partial charge in [-0.05, 0) is 36.7 Å². The molecule has 2 bridgehead atoms. The minimum absolute atomic E-state index is 0.0358. The van der Waals surface area contributed by atoms with Crippen LogP contribution in [-0.4, -0.2) is 51.7 Å². The van der Waals surface area contributed by atoms with Gasteiger partial charge in [-0.15, -0.1) is 11.8 Å². The highest BCUT2D eigenvalue weighted by Crippen LogP contribution is 2.68. The van der Waals surface area contributed by atoms with Crippen LogP contribution in [0.3, 0.4) is 0 Å². The maximum Gasteiger partial charge on any atom is 0.305 e. The van der Waals surface area contributed by atoms with Gasteiger partial charge in [-0.25, -0.2) is 0 Å². The fourth-order valence-electron chi connectivity index (χ4n) is 6.96. The maximum atomic E-state index is 13.4. The zero-order valence-electron chi connectivity index (χ0n) is 18.4. The van der Waals surface area contributed by atoms with Crippen LogP contribution in [0.4, 0.5) is 0 Å². The molecule has 0 radical (unpaired) electrons. The number of hydrogen-bond acceptors (Lipinski definition) is 7. The molecule has 3 fully saturated rings. The third-order valence-corrected chi connectivity index (χ3v) is 10.6. The number of para-hydroxylation sites is 1. The molecule has 2 aliphatic heterocycles. The molecule has 2 amide bonds. The van der Waals surface area contributed by atoms with E-state index < -0.39 is 5.97 Å². The summed E-state index contributed by atoms with van der Waals surface area (Å²) in [6.07, 6.45) is 1.03. The number of aliphatic carboxylic acids is 1. The molecule has 6 rings (SSSR count). The van der Waals surface area contributed by atoms with E-state index >= 15 is 0 Å². The summed E-state index contributed by atoms with van der Waals surface area (Å²) in [6, 6.07) is 7.84. The molecule has 1 saturated heterocycles. The lowest BCUT2D eigenvalue weighted by Gasteiger charge is -2.43. The van der Waals surface area contributed by atoms with Crippen molar-refractivity contribution in [3.05, 3.63) is 44.4 Å². The number of nitrogens with zero attached hydrogens (tertiary/aromatic N) is 1. The van der Waals surface area contributed by atoms with Gasteiger partial charge in [0.2, 0.25) is 11.8 Å². The molecule has 8 nitrogen and oxygen atoms in total. The minimum atomic E-state index is -0.929. The average molecular weight is 501 g/mol. The van der Waals surface area contributed by atoms with Gasteiger partial charge in [-0.1, -0.05) is 29.5 Å². The van der Waals surface area contributed by atoms with E-state index in [9.17, 15) is 19.2 Å². The Morgan fingerprint density at radius 1 is 1.18 bits per heavy atom. The first kappa shape index (κ1) is 21.9. The van der Waals surface area contributed by atoms with Crippen LogP contribution >= 0.6 is 23.1 Å². The normalized spacial score (nSPS) is 33.1. The molecule has 7 atom stereocenters. The van der Waals surface area contributed by atoms with Crippen LogP contribution in [0, 0.1) is 29.6 Å². The quantitative estimate of drug-likeness (QED) is 0.586. The summed E-state index contributed by atoms with van der Waals surface area (Å²) in [6.45, 7) is 0.162. The van der Waals surface area contributed by atoms with Crippen LogP contribution in [0.1, 0.15) is 35.6 Å². The molecule has 1 aromatic carbocycles. The molecule has 0 spiro atoms. The standard InChI is InChI=1S/C24H24N2O6S2/c1-32-13-6-3-2-5-10(13)15-16-11-9-12(19(16)33-21-20(15)34-24(31)25-21)18-17(11)22(29)26(23(18)30)8-4-7-14(27)28/h2-3,5-6,11-12,15-19H,4,7-9H2,1H3,(H,25,31)(H,27,28)/t11-,12+,15+,16-,17+,18-,19-/m1/s1. The summed E-state index contributed by atoms with van der Waals surface area (Å²) in [5, 5.41) is 9.94. The molecule has 2 aliphatic carbocycles. The van der Waals surface area contributed by atoms with E-state index in [-0.39, 0.29) is 76.8 Å². The number of thiazole rings is 1. The van der Waals surface area contributed by atoms with Crippen LogP contribution in [-0.2, 0) is 14.4 Å². The highest BCUT2D eigenvalue weighted by atomic mass is 32.2. The highest BCUT2D eigenvalue weighted by molar-refractivity contribution is 8.00. The number of amides is 2. The zero-order chi connectivity index (χ0) is 23.7. The Balaban J connectivity index is 1.39. The number of benzene rings is 1. The van der Waals surface area contributed by atoms with Gasteiger partial charge in [0.25, 0.3) is 0 Å². The van der Waals surface area contributed by atoms with Gasteiger partial charge in [0.1, 0.15) is 5.75 Å². The minimum Gasteiger partial charge on any atom is -0.496 e. The molecule has 178 valence electrons. The molecule has 1 aromatic heterocycles. The number of H-pyrrole nitrogens is 1. The number of imide groups is 1.